The summed E-state index contributed by atoms with van der Waals surface area (Å²) in [4.78, 5) is 33.4. The summed E-state index contributed by atoms with van der Waals surface area (Å²) < 4.78 is 15.2. The van der Waals surface area contributed by atoms with E-state index < -0.39 is 0 Å². The molecule has 1 aliphatic rings. The van der Waals surface area contributed by atoms with Crippen LogP contribution in [-0.2, 0) is 25.6 Å². The van der Waals surface area contributed by atoms with Gasteiger partial charge >= 0.3 is 11.9 Å². The number of hydrogen-bond acceptors (Lipinski definition) is 10. The number of carbonyl (C=O) groups excluding carboxylic acids is 2. The second-order valence-electron chi connectivity index (χ2n) is 19.4. The van der Waals surface area contributed by atoms with Crippen molar-refractivity contribution < 1.29 is 19.1 Å². The number of hydrogen-bond donors (Lipinski definition) is 0. The van der Waals surface area contributed by atoms with E-state index in [9.17, 15) is 9.59 Å². The van der Waals surface area contributed by atoms with Crippen LogP contribution >= 0.6 is 47.0 Å². The van der Waals surface area contributed by atoms with Crippen LogP contribution in [0.4, 0.5) is 0 Å². The van der Waals surface area contributed by atoms with Gasteiger partial charge in [-0.3, -0.25) is 9.59 Å². The molecule has 1 aliphatic heterocycles. The Hall–Kier alpha value is -0.490. The third kappa shape index (κ3) is 34.7. The molecule has 0 spiro atoms. The van der Waals surface area contributed by atoms with Crippen molar-refractivity contribution in [1.29, 1.82) is 0 Å². The predicted octanol–water partition coefficient (Wildman–Crippen LogP) is 16.8. The summed E-state index contributed by atoms with van der Waals surface area (Å²) in [5.74, 6) is 4.69. The lowest BCUT2D eigenvalue weighted by atomic mass is 9.73. The quantitative estimate of drug-likeness (QED) is 0.0358. The molecule has 66 heavy (non-hydrogen) atoms. The van der Waals surface area contributed by atoms with Crippen LogP contribution in [0.3, 0.4) is 0 Å². The van der Waals surface area contributed by atoms with Gasteiger partial charge < -0.3 is 18.9 Å². The van der Waals surface area contributed by atoms with E-state index >= 15 is 0 Å². The first-order valence-corrected chi connectivity index (χ1v) is 32.1. The van der Waals surface area contributed by atoms with E-state index in [-0.39, 0.29) is 17.4 Å². The lowest BCUT2D eigenvalue weighted by molar-refractivity contribution is -0.145. The summed E-state index contributed by atoms with van der Waals surface area (Å²) in [6.45, 7) is 14.2. The molecule has 0 bridgehead atoms. The molecule has 1 saturated heterocycles. The molecule has 0 aromatic carbocycles. The van der Waals surface area contributed by atoms with Crippen molar-refractivity contribution >= 4 is 59.0 Å². The fraction of sp³-hybridized carbons (Fsp3) is 0.909. The minimum Gasteiger partial charge on any atom is -0.466 e. The summed E-state index contributed by atoms with van der Waals surface area (Å²) in [6.07, 6.45) is 45.3. The minimum absolute atomic E-state index is 0.0202. The molecule has 0 amide bonds. The first-order valence-electron chi connectivity index (χ1n) is 27.9. The maximum atomic E-state index is 13.3. The maximum absolute atomic E-state index is 13.3. The van der Waals surface area contributed by atoms with Crippen LogP contribution in [0.5, 0.6) is 0 Å². The molecule has 11 heteroatoms. The van der Waals surface area contributed by atoms with E-state index in [0.717, 1.165) is 71.1 Å². The van der Waals surface area contributed by atoms with E-state index in [1.807, 2.05) is 18.7 Å². The number of esters is 2. The molecule has 0 aliphatic carbocycles. The van der Waals surface area contributed by atoms with Gasteiger partial charge in [-0.1, -0.05) is 156 Å². The summed E-state index contributed by atoms with van der Waals surface area (Å²) in [5.41, 5.74) is 0.0202. The van der Waals surface area contributed by atoms with Gasteiger partial charge in [0.15, 0.2) is 0 Å². The normalized spacial score (nSPS) is 14.2. The van der Waals surface area contributed by atoms with Crippen LogP contribution in [0.15, 0.2) is 18.7 Å². The number of nitrogens with zero attached hydrogens (tertiary/aromatic N) is 3. The molecule has 7 nitrogen and oxygen atoms in total. The molecule has 0 saturated carbocycles. The zero-order chi connectivity index (χ0) is 47.4. The fourth-order valence-corrected chi connectivity index (χ4v) is 14.6. The molecule has 0 atom stereocenters. The number of thioether (sulfide) groups is 4. The highest BCUT2D eigenvalue weighted by Gasteiger charge is 2.35. The average molecular weight is 999 g/mol. The number of imidazole rings is 1. The van der Waals surface area contributed by atoms with Gasteiger partial charge in [0.25, 0.3) is 0 Å². The number of unbranched alkanes of at least 4 members (excludes halogenated alkanes) is 20. The molecule has 2 rings (SSSR count). The van der Waals surface area contributed by atoms with Crippen LogP contribution in [0.2, 0.25) is 0 Å². The van der Waals surface area contributed by atoms with Crippen molar-refractivity contribution in [2.75, 3.05) is 55.9 Å². The van der Waals surface area contributed by atoms with Crippen molar-refractivity contribution in [3.63, 3.8) is 0 Å². The molecule has 1 fully saturated rings. The predicted molar refractivity (Wildman–Crippen MR) is 295 cm³/mol. The molecule has 0 unspecified atom stereocenters. The molecular weight excluding hydrogens is 895 g/mol. The van der Waals surface area contributed by atoms with Crippen LogP contribution in [0, 0.1) is 5.41 Å². The van der Waals surface area contributed by atoms with Gasteiger partial charge in [0.2, 0.25) is 0 Å². The first kappa shape index (κ1) is 61.6. The number of rotatable bonds is 48. The second kappa shape index (κ2) is 44.5. The number of aryl methyl sites for hydroxylation is 1. The highest BCUT2D eigenvalue weighted by Crippen LogP contribution is 2.39. The van der Waals surface area contributed by atoms with Gasteiger partial charge in [0, 0.05) is 31.8 Å². The van der Waals surface area contributed by atoms with Crippen LogP contribution in [0.1, 0.15) is 240 Å². The first-order chi connectivity index (χ1) is 32.4. The van der Waals surface area contributed by atoms with Crippen molar-refractivity contribution in [2.45, 2.75) is 255 Å². The van der Waals surface area contributed by atoms with Gasteiger partial charge in [-0.25, -0.2) is 4.98 Å². The number of aromatic nitrogens is 2. The largest absolute Gasteiger partial charge is 0.466 e. The molecule has 1 aromatic rings. The number of piperidine rings is 1. The van der Waals surface area contributed by atoms with E-state index in [0.29, 0.717) is 35.2 Å². The topological polar surface area (TPSA) is 73.7 Å². The Morgan fingerprint density at radius 1 is 0.530 bits per heavy atom. The van der Waals surface area contributed by atoms with Crippen LogP contribution in [-0.4, -0.2) is 91.4 Å². The second-order valence-corrected chi connectivity index (χ2v) is 25.3. The van der Waals surface area contributed by atoms with Crippen molar-refractivity contribution in [2.24, 2.45) is 5.41 Å². The summed E-state index contributed by atoms with van der Waals surface area (Å²) in [7, 11) is 0. The van der Waals surface area contributed by atoms with Gasteiger partial charge in [0.1, 0.15) is 0 Å². The molecule has 1 aromatic heterocycles. The third-order valence-electron chi connectivity index (χ3n) is 13.5. The third-order valence-corrected chi connectivity index (χ3v) is 19.7. The smallest absolute Gasteiger partial charge is 0.305 e. The highest BCUT2D eigenvalue weighted by atomic mass is 32.2. The van der Waals surface area contributed by atoms with Gasteiger partial charge in [-0.2, -0.15) is 0 Å². The SMILES string of the molecule is CCCCCCCCSC(CCC(=O)OCCC1(CCOC(=O)CCC(SCCCCCCCC)SCCCCCCCC)CCN(CCCn2ccnc2)CC1)SCCCCCCCC. The van der Waals surface area contributed by atoms with Crippen LogP contribution < -0.4 is 0 Å². The van der Waals surface area contributed by atoms with Gasteiger partial charge in [-0.15, -0.1) is 47.0 Å². The Labute approximate surface area is 425 Å². The monoisotopic (exact) mass is 998 g/mol. The van der Waals surface area contributed by atoms with E-state index in [1.165, 1.54) is 177 Å². The Balaban J connectivity index is 1.89. The lowest BCUT2D eigenvalue weighted by Crippen LogP contribution is -2.42. The van der Waals surface area contributed by atoms with Crippen molar-refractivity contribution in [1.82, 2.24) is 14.5 Å². The molecule has 386 valence electrons. The standard InChI is InChI=1S/C55H103N3O4S4/c1-5-9-13-17-21-25-46-63-53(64-47-26-22-18-14-10-6-2)32-30-51(59)61-44-36-55(34-41-57(42-35-55)39-29-40-58-43-38-56-50-58)37-45-62-52(60)31-33-54(65-48-27-23-19-15-11-7-3)66-49-28-24-20-16-12-8-4/h38,43,50,53-54H,5-37,39-42,44-49H2,1-4H3. The fourth-order valence-electron chi connectivity index (χ4n) is 8.97. The zero-order valence-electron chi connectivity index (χ0n) is 43.4. The Kier molecular flexibility index (Phi) is 41.5. The zero-order valence-corrected chi connectivity index (χ0v) is 46.7. The van der Waals surface area contributed by atoms with Gasteiger partial charge in [0.05, 0.1) is 28.7 Å². The number of carbonyl (C=O) groups is 2. The molecule has 2 heterocycles. The van der Waals surface area contributed by atoms with E-state index in [1.54, 1.807) is 0 Å². The lowest BCUT2D eigenvalue weighted by Gasteiger charge is -2.42. The molecular formula is C55H103N3O4S4. The van der Waals surface area contributed by atoms with E-state index in [4.69, 9.17) is 9.47 Å². The van der Waals surface area contributed by atoms with Gasteiger partial charge in [-0.05, 0) is 119 Å². The maximum Gasteiger partial charge on any atom is 0.305 e. The average Bonchev–Trinajstić information content (AvgIpc) is 3.85. The number of likely N-dealkylation sites (tertiary alicyclic amines) is 1. The van der Waals surface area contributed by atoms with E-state index in [2.05, 4.69) is 89.2 Å². The highest BCUT2D eigenvalue weighted by molar-refractivity contribution is 8.17. The Morgan fingerprint density at radius 3 is 1.27 bits per heavy atom. The number of ether oxygens (including phenoxy) is 2. The summed E-state index contributed by atoms with van der Waals surface area (Å²) in [6, 6.07) is 0. The molecule has 0 radical (unpaired) electrons. The summed E-state index contributed by atoms with van der Waals surface area (Å²) in [5, 5.41) is 0. The minimum atomic E-state index is -0.0443. The summed E-state index contributed by atoms with van der Waals surface area (Å²) >= 11 is 8.33. The molecule has 0 N–H and O–H groups in total. The van der Waals surface area contributed by atoms with Crippen molar-refractivity contribution in [3.8, 4) is 0 Å². The van der Waals surface area contributed by atoms with Crippen molar-refractivity contribution in [3.05, 3.63) is 18.7 Å². The van der Waals surface area contributed by atoms with Crippen LogP contribution in [0.25, 0.3) is 0 Å². The Morgan fingerprint density at radius 2 is 0.909 bits per heavy atom. The Bertz CT molecular complexity index is 1120.